The Morgan fingerprint density at radius 1 is 1.29 bits per heavy atom. The van der Waals surface area contributed by atoms with Crippen molar-refractivity contribution < 1.29 is 4.79 Å². The molecule has 2 aromatic rings. The van der Waals surface area contributed by atoms with Gasteiger partial charge in [-0.1, -0.05) is 6.07 Å². The minimum Gasteiger partial charge on any atom is -0.333 e. The first-order valence-corrected chi connectivity index (χ1v) is 9.10. The average molecular weight is 345 g/mol. The van der Waals surface area contributed by atoms with Gasteiger partial charge in [-0.15, -0.1) is 11.3 Å². The third kappa shape index (κ3) is 3.91. The molecule has 3 rings (SSSR count). The molecule has 1 aliphatic rings. The predicted octanol–water partition coefficient (Wildman–Crippen LogP) is 2.43. The Kier molecular flexibility index (Phi) is 5.42. The van der Waals surface area contributed by atoms with Crippen molar-refractivity contribution in [3.8, 4) is 0 Å². The number of hydrogen-bond donors (Lipinski definition) is 1. The molecule has 0 bridgehead atoms. The maximum Gasteiger partial charge on any atom is 0.317 e. The number of aryl methyl sites for hydroxylation is 1. The molecule has 6 nitrogen and oxygen atoms in total. The molecule has 0 saturated carbocycles. The molecule has 0 aliphatic carbocycles. The summed E-state index contributed by atoms with van der Waals surface area (Å²) < 4.78 is 0. The number of pyridine rings is 1. The van der Waals surface area contributed by atoms with E-state index in [1.807, 2.05) is 35.7 Å². The van der Waals surface area contributed by atoms with Crippen LogP contribution in [0.25, 0.3) is 0 Å². The van der Waals surface area contributed by atoms with Crippen LogP contribution < -0.4 is 5.32 Å². The molecule has 1 fully saturated rings. The smallest absolute Gasteiger partial charge is 0.317 e. The lowest BCUT2D eigenvalue weighted by Gasteiger charge is -2.37. The van der Waals surface area contributed by atoms with Gasteiger partial charge < -0.3 is 10.2 Å². The number of carbonyl (C=O) groups is 1. The number of rotatable bonds is 4. The van der Waals surface area contributed by atoms with Crippen molar-refractivity contribution in [1.82, 2.24) is 25.1 Å². The number of amides is 2. The minimum atomic E-state index is 0.00735. The molecule has 2 aromatic heterocycles. The largest absolute Gasteiger partial charge is 0.333 e. The Hall–Kier alpha value is -1.99. The lowest BCUT2D eigenvalue weighted by molar-refractivity contribution is 0.112. The van der Waals surface area contributed by atoms with Crippen LogP contribution in [0, 0.1) is 6.92 Å². The normalized spacial score (nSPS) is 16.8. The molecule has 1 N–H and O–H groups in total. The van der Waals surface area contributed by atoms with Crippen LogP contribution in [0.1, 0.15) is 29.2 Å². The highest BCUT2D eigenvalue weighted by Crippen LogP contribution is 2.19. The Labute approximate surface area is 146 Å². The molecule has 3 heterocycles. The monoisotopic (exact) mass is 345 g/mol. The molecule has 2 amide bonds. The van der Waals surface area contributed by atoms with Crippen molar-refractivity contribution in [3.63, 3.8) is 0 Å². The number of aromatic nitrogens is 2. The second-order valence-electron chi connectivity index (χ2n) is 5.97. The third-order valence-electron chi connectivity index (χ3n) is 4.51. The molecule has 24 heavy (non-hydrogen) atoms. The number of carbonyl (C=O) groups excluding carboxylic acids is 1. The zero-order valence-corrected chi connectivity index (χ0v) is 14.9. The van der Waals surface area contributed by atoms with Crippen molar-refractivity contribution >= 4 is 17.4 Å². The molecule has 128 valence electrons. The summed E-state index contributed by atoms with van der Waals surface area (Å²) in [6.45, 7) is 7.91. The van der Waals surface area contributed by atoms with E-state index in [0.29, 0.717) is 6.54 Å². The van der Waals surface area contributed by atoms with Crippen LogP contribution in [-0.4, -0.2) is 52.0 Å². The molecule has 0 spiro atoms. The third-order valence-corrected chi connectivity index (χ3v) is 5.45. The van der Waals surface area contributed by atoms with Crippen molar-refractivity contribution in [2.45, 2.75) is 26.4 Å². The standard InChI is InChI=1S/C17H23N5OS/c1-13-16(24-12-20-13)11-19-17(23)22-9-7-21(8-10-22)14(2)15-5-3-4-6-18-15/h3-6,12,14H,7-11H2,1-2H3,(H,19,23)/t14-/m0/s1. The van der Waals surface area contributed by atoms with Gasteiger partial charge in [-0.25, -0.2) is 9.78 Å². The van der Waals surface area contributed by atoms with Gasteiger partial charge in [0.2, 0.25) is 0 Å². The molecule has 7 heteroatoms. The topological polar surface area (TPSA) is 61.4 Å². The first kappa shape index (κ1) is 16.9. The van der Waals surface area contributed by atoms with Gasteiger partial charge in [0.15, 0.2) is 0 Å². The lowest BCUT2D eigenvalue weighted by Crippen LogP contribution is -2.52. The summed E-state index contributed by atoms with van der Waals surface area (Å²) in [6.07, 6.45) is 1.83. The second-order valence-corrected chi connectivity index (χ2v) is 6.91. The van der Waals surface area contributed by atoms with Gasteiger partial charge in [0.1, 0.15) is 0 Å². The Bertz CT molecular complexity index is 667. The fourth-order valence-electron chi connectivity index (χ4n) is 2.89. The summed E-state index contributed by atoms with van der Waals surface area (Å²) in [6, 6.07) is 6.29. The molecule has 0 aromatic carbocycles. The van der Waals surface area contributed by atoms with Crippen molar-refractivity contribution in [2.75, 3.05) is 26.2 Å². The summed E-state index contributed by atoms with van der Waals surface area (Å²) in [5.41, 5.74) is 3.89. The van der Waals surface area contributed by atoms with Crippen LogP contribution in [-0.2, 0) is 6.54 Å². The van der Waals surface area contributed by atoms with E-state index < -0.39 is 0 Å². The molecule has 1 atom stereocenters. The van der Waals surface area contributed by atoms with E-state index in [1.54, 1.807) is 11.3 Å². The molecule has 1 saturated heterocycles. The maximum atomic E-state index is 12.3. The van der Waals surface area contributed by atoms with Crippen molar-refractivity contribution in [3.05, 3.63) is 46.2 Å². The van der Waals surface area contributed by atoms with Crippen LogP contribution in [0.15, 0.2) is 29.9 Å². The van der Waals surface area contributed by atoms with E-state index in [0.717, 1.165) is 42.4 Å². The lowest BCUT2D eigenvalue weighted by atomic mass is 10.1. The first-order chi connectivity index (χ1) is 11.6. The zero-order valence-electron chi connectivity index (χ0n) is 14.1. The van der Waals surface area contributed by atoms with E-state index in [2.05, 4.69) is 33.2 Å². The first-order valence-electron chi connectivity index (χ1n) is 8.22. The molecular formula is C17H23N5OS. The van der Waals surface area contributed by atoms with E-state index in [9.17, 15) is 4.79 Å². The number of hydrogen-bond acceptors (Lipinski definition) is 5. The van der Waals surface area contributed by atoms with Crippen molar-refractivity contribution in [2.24, 2.45) is 0 Å². The van der Waals surface area contributed by atoms with E-state index in [1.165, 1.54) is 0 Å². The number of nitrogens with one attached hydrogen (secondary N) is 1. The number of thiazole rings is 1. The second kappa shape index (κ2) is 7.72. The number of urea groups is 1. The van der Waals surface area contributed by atoms with E-state index in [-0.39, 0.29) is 12.1 Å². The highest BCUT2D eigenvalue weighted by atomic mass is 32.1. The Morgan fingerprint density at radius 3 is 2.71 bits per heavy atom. The molecule has 0 radical (unpaired) electrons. The van der Waals surface area contributed by atoms with Gasteiger partial charge >= 0.3 is 6.03 Å². The van der Waals surface area contributed by atoms with Gasteiger partial charge in [0.05, 0.1) is 23.4 Å². The molecular weight excluding hydrogens is 322 g/mol. The summed E-state index contributed by atoms with van der Waals surface area (Å²) >= 11 is 1.58. The highest BCUT2D eigenvalue weighted by Gasteiger charge is 2.25. The summed E-state index contributed by atoms with van der Waals surface area (Å²) in [7, 11) is 0. The van der Waals surface area contributed by atoms with Crippen LogP contribution in [0.2, 0.25) is 0 Å². The van der Waals surface area contributed by atoms with Crippen LogP contribution in [0.4, 0.5) is 4.79 Å². The number of piperazine rings is 1. The quantitative estimate of drug-likeness (QED) is 0.924. The minimum absolute atomic E-state index is 0.00735. The van der Waals surface area contributed by atoms with Crippen LogP contribution in [0.3, 0.4) is 0 Å². The molecule has 0 unspecified atom stereocenters. The maximum absolute atomic E-state index is 12.3. The van der Waals surface area contributed by atoms with Crippen LogP contribution in [0.5, 0.6) is 0 Å². The average Bonchev–Trinajstić information content (AvgIpc) is 3.05. The van der Waals surface area contributed by atoms with Gasteiger partial charge in [-0.3, -0.25) is 9.88 Å². The Balaban J connectivity index is 1.48. The molecule has 1 aliphatic heterocycles. The van der Waals surface area contributed by atoms with Crippen LogP contribution >= 0.6 is 11.3 Å². The van der Waals surface area contributed by atoms with Gasteiger partial charge in [-0.2, -0.15) is 0 Å². The zero-order chi connectivity index (χ0) is 16.9. The summed E-state index contributed by atoms with van der Waals surface area (Å²) in [5.74, 6) is 0. The SMILES string of the molecule is Cc1ncsc1CNC(=O)N1CCN([C@@H](C)c2ccccn2)CC1. The van der Waals surface area contributed by atoms with E-state index in [4.69, 9.17) is 0 Å². The van der Waals surface area contributed by atoms with Gasteiger partial charge in [0.25, 0.3) is 0 Å². The highest BCUT2D eigenvalue weighted by molar-refractivity contribution is 7.09. The fraction of sp³-hybridized carbons (Fsp3) is 0.471. The van der Waals surface area contributed by atoms with Gasteiger partial charge in [0, 0.05) is 43.3 Å². The summed E-state index contributed by atoms with van der Waals surface area (Å²) in [5, 5.41) is 3.00. The fourth-order valence-corrected chi connectivity index (χ4v) is 3.60. The van der Waals surface area contributed by atoms with Crippen molar-refractivity contribution in [1.29, 1.82) is 0 Å². The number of nitrogens with zero attached hydrogens (tertiary/aromatic N) is 4. The van der Waals surface area contributed by atoms with E-state index >= 15 is 0 Å². The Morgan fingerprint density at radius 2 is 2.08 bits per heavy atom. The van der Waals surface area contributed by atoms with Gasteiger partial charge in [-0.05, 0) is 26.0 Å². The summed E-state index contributed by atoms with van der Waals surface area (Å²) in [4.78, 5) is 26.3. The predicted molar refractivity (Wildman–Crippen MR) is 94.9 cm³/mol.